The molecule has 1 aliphatic rings. The molecule has 3 aromatic heterocycles. The first-order valence-corrected chi connectivity index (χ1v) is 9.47. The molecule has 124 valence electrons. The van der Waals surface area contributed by atoms with E-state index < -0.39 is 0 Å². The van der Waals surface area contributed by atoms with Crippen molar-refractivity contribution in [3.8, 4) is 0 Å². The molecule has 0 N–H and O–H groups in total. The summed E-state index contributed by atoms with van der Waals surface area (Å²) in [6, 6.07) is 3.75. The SMILES string of the molecule is O=C(CN1CCN(C(=O)c2cn3ccsc3n2)CC1)c1cccs1. The lowest BCUT2D eigenvalue weighted by molar-refractivity contribution is 0.0620. The largest absolute Gasteiger partial charge is 0.335 e. The minimum atomic E-state index is -0.0323. The van der Waals surface area contributed by atoms with E-state index in [1.807, 2.05) is 38.4 Å². The van der Waals surface area contributed by atoms with Crippen molar-refractivity contribution in [1.29, 1.82) is 0 Å². The Morgan fingerprint density at radius 1 is 1.12 bits per heavy atom. The fraction of sp³-hybridized carbons (Fsp3) is 0.312. The molecule has 1 fully saturated rings. The smallest absolute Gasteiger partial charge is 0.274 e. The summed E-state index contributed by atoms with van der Waals surface area (Å²) in [5.41, 5.74) is 0.491. The molecule has 0 saturated carbocycles. The number of carbonyl (C=O) groups excluding carboxylic acids is 2. The van der Waals surface area contributed by atoms with E-state index in [1.54, 1.807) is 6.20 Å². The number of rotatable bonds is 4. The quantitative estimate of drug-likeness (QED) is 0.669. The number of piperazine rings is 1. The Morgan fingerprint density at radius 3 is 2.67 bits per heavy atom. The normalized spacial score (nSPS) is 15.9. The Labute approximate surface area is 146 Å². The standard InChI is InChI=1S/C16H16N4O2S2/c21-13(14-2-1-8-23-14)11-18-3-5-19(6-4-18)15(22)12-10-20-7-9-24-16(20)17-12/h1-2,7-10H,3-6,11H2. The van der Waals surface area contributed by atoms with Crippen LogP contribution in [0, 0.1) is 0 Å². The van der Waals surface area contributed by atoms with Crippen molar-refractivity contribution >= 4 is 39.3 Å². The average Bonchev–Trinajstić information content (AvgIpc) is 3.31. The van der Waals surface area contributed by atoms with Gasteiger partial charge in [-0.2, -0.15) is 0 Å². The summed E-state index contributed by atoms with van der Waals surface area (Å²) in [6.07, 6.45) is 3.68. The summed E-state index contributed by atoms with van der Waals surface area (Å²) in [5, 5.41) is 3.86. The molecule has 0 aliphatic carbocycles. The number of amides is 1. The van der Waals surface area contributed by atoms with Crippen LogP contribution >= 0.6 is 22.7 Å². The van der Waals surface area contributed by atoms with E-state index in [1.165, 1.54) is 22.7 Å². The molecule has 8 heteroatoms. The predicted octanol–water partition coefficient (Wildman–Crippen LogP) is 2.10. The molecule has 1 saturated heterocycles. The Balaban J connectivity index is 1.34. The minimum Gasteiger partial charge on any atom is -0.335 e. The van der Waals surface area contributed by atoms with Gasteiger partial charge in [0.2, 0.25) is 0 Å². The van der Waals surface area contributed by atoms with Gasteiger partial charge in [0.1, 0.15) is 5.69 Å². The molecule has 24 heavy (non-hydrogen) atoms. The molecule has 0 bridgehead atoms. The maximum atomic E-state index is 12.6. The molecular weight excluding hydrogens is 344 g/mol. The summed E-state index contributed by atoms with van der Waals surface area (Å²) >= 11 is 2.99. The maximum Gasteiger partial charge on any atom is 0.274 e. The third-order valence-corrected chi connectivity index (χ3v) is 5.82. The van der Waals surface area contributed by atoms with Crippen LogP contribution in [0.2, 0.25) is 0 Å². The van der Waals surface area contributed by atoms with Crippen LogP contribution in [0.5, 0.6) is 0 Å². The molecule has 6 nitrogen and oxygen atoms in total. The molecule has 0 aromatic carbocycles. The van der Waals surface area contributed by atoms with Gasteiger partial charge in [-0.05, 0) is 11.4 Å². The van der Waals surface area contributed by atoms with E-state index in [0.717, 1.165) is 9.84 Å². The summed E-state index contributed by atoms with van der Waals surface area (Å²) in [6.45, 7) is 3.10. The molecule has 0 unspecified atom stereocenters. The van der Waals surface area contributed by atoms with Crippen molar-refractivity contribution in [2.75, 3.05) is 32.7 Å². The number of nitrogens with zero attached hydrogens (tertiary/aromatic N) is 4. The van der Waals surface area contributed by atoms with Gasteiger partial charge in [0.05, 0.1) is 11.4 Å². The molecular formula is C16H16N4O2S2. The van der Waals surface area contributed by atoms with Gasteiger partial charge in [0.15, 0.2) is 10.7 Å². The first kappa shape index (κ1) is 15.5. The van der Waals surface area contributed by atoms with Crippen molar-refractivity contribution in [2.45, 2.75) is 0 Å². The molecule has 0 spiro atoms. The fourth-order valence-electron chi connectivity index (χ4n) is 2.82. The number of thiophene rings is 1. The zero-order valence-electron chi connectivity index (χ0n) is 12.9. The zero-order chi connectivity index (χ0) is 16.5. The van der Waals surface area contributed by atoms with Gasteiger partial charge in [-0.1, -0.05) is 6.07 Å². The average molecular weight is 360 g/mol. The monoisotopic (exact) mass is 360 g/mol. The van der Waals surface area contributed by atoms with Crippen LogP contribution < -0.4 is 0 Å². The highest BCUT2D eigenvalue weighted by atomic mass is 32.1. The number of hydrogen-bond donors (Lipinski definition) is 0. The predicted molar refractivity (Wildman–Crippen MR) is 94.1 cm³/mol. The van der Waals surface area contributed by atoms with Gasteiger partial charge in [-0.3, -0.25) is 18.9 Å². The van der Waals surface area contributed by atoms with Crippen molar-refractivity contribution in [3.63, 3.8) is 0 Å². The van der Waals surface area contributed by atoms with E-state index in [9.17, 15) is 9.59 Å². The highest BCUT2D eigenvalue weighted by molar-refractivity contribution is 7.15. The molecule has 1 aliphatic heterocycles. The fourth-order valence-corrected chi connectivity index (χ4v) is 4.18. The topological polar surface area (TPSA) is 57.9 Å². The lowest BCUT2D eigenvalue weighted by Crippen LogP contribution is -2.49. The number of ketones is 1. The van der Waals surface area contributed by atoms with Gasteiger partial charge in [0.25, 0.3) is 5.91 Å². The van der Waals surface area contributed by atoms with Gasteiger partial charge < -0.3 is 4.90 Å². The Morgan fingerprint density at radius 2 is 1.96 bits per heavy atom. The van der Waals surface area contributed by atoms with Crippen LogP contribution in [-0.2, 0) is 0 Å². The van der Waals surface area contributed by atoms with Crippen LogP contribution in [-0.4, -0.2) is 63.6 Å². The molecule has 0 radical (unpaired) electrons. The van der Waals surface area contributed by atoms with E-state index >= 15 is 0 Å². The summed E-state index contributed by atoms with van der Waals surface area (Å²) in [7, 11) is 0. The number of Topliss-reactive ketones (excluding diaryl/α,β-unsaturated/α-hetero) is 1. The molecule has 4 rings (SSSR count). The highest BCUT2D eigenvalue weighted by Gasteiger charge is 2.25. The number of fused-ring (bicyclic) bond motifs is 1. The molecule has 3 aromatic rings. The third kappa shape index (κ3) is 3.00. The van der Waals surface area contributed by atoms with Crippen molar-refractivity contribution in [3.05, 3.63) is 45.9 Å². The van der Waals surface area contributed by atoms with E-state index in [0.29, 0.717) is 38.4 Å². The van der Waals surface area contributed by atoms with Crippen LogP contribution in [0.15, 0.2) is 35.3 Å². The number of imidazole rings is 1. The minimum absolute atomic E-state index is 0.0323. The number of hydrogen-bond acceptors (Lipinski definition) is 6. The second-order valence-electron chi connectivity index (χ2n) is 5.69. The summed E-state index contributed by atoms with van der Waals surface area (Å²) in [5.74, 6) is 0.120. The molecule has 4 heterocycles. The maximum absolute atomic E-state index is 12.6. The second-order valence-corrected chi connectivity index (χ2v) is 7.51. The van der Waals surface area contributed by atoms with Gasteiger partial charge in [-0.25, -0.2) is 4.98 Å². The Kier molecular flexibility index (Phi) is 4.17. The lowest BCUT2D eigenvalue weighted by Gasteiger charge is -2.33. The van der Waals surface area contributed by atoms with Crippen LogP contribution in [0.1, 0.15) is 20.2 Å². The lowest BCUT2D eigenvalue weighted by atomic mass is 10.2. The summed E-state index contributed by atoms with van der Waals surface area (Å²) < 4.78 is 1.87. The number of aromatic nitrogens is 2. The third-order valence-electron chi connectivity index (χ3n) is 4.14. The highest BCUT2D eigenvalue weighted by Crippen LogP contribution is 2.15. The molecule has 0 atom stereocenters. The first-order chi connectivity index (χ1) is 11.7. The second kappa shape index (κ2) is 6.46. The van der Waals surface area contributed by atoms with E-state index in [2.05, 4.69) is 9.88 Å². The van der Waals surface area contributed by atoms with Crippen molar-refractivity contribution < 1.29 is 9.59 Å². The zero-order valence-corrected chi connectivity index (χ0v) is 14.6. The number of carbonyl (C=O) groups is 2. The first-order valence-electron chi connectivity index (χ1n) is 7.71. The van der Waals surface area contributed by atoms with Crippen molar-refractivity contribution in [1.82, 2.24) is 19.2 Å². The Hall–Kier alpha value is -2.03. The van der Waals surface area contributed by atoms with Crippen LogP contribution in [0.4, 0.5) is 0 Å². The van der Waals surface area contributed by atoms with Crippen molar-refractivity contribution in [2.24, 2.45) is 0 Å². The van der Waals surface area contributed by atoms with Gasteiger partial charge in [-0.15, -0.1) is 22.7 Å². The van der Waals surface area contributed by atoms with E-state index in [4.69, 9.17) is 0 Å². The summed E-state index contributed by atoms with van der Waals surface area (Å²) in [4.78, 5) is 34.6. The van der Waals surface area contributed by atoms with Gasteiger partial charge >= 0.3 is 0 Å². The van der Waals surface area contributed by atoms with Crippen LogP contribution in [0.25, 0.3) is 4.96 Å². The van der Waals surface area contributed by atoms with Gasteiger partial charge in [0, 0.05) is 44.0 Å². The molecule has 1 amide bonds. The van der Waals surface area contributed by atoms with E-state index in [-0.39, 0.29) is 11.7 Å². The Bertz CT molecular complexity index is 831. The van der Waals surface area contributed by atoms with Crippen LogP contribution in [0.3, 0.4) is 0 Å². The number of thiazole rings is 1.